The Morgan fingerprint density at radius 3 is 2.68 bits per heavy atom. The monoisotopic (exact) mass is 275 g/mol. The quantitative estimate of drug-likeness (QED) is 0.900. The lowest BCUT2D eigenvalue weighted by Crippen LogP contribution is -2.28. The maximum atomic E-state index is 11.8. The van der Waals surface area contributed by atoms with Crippen LogP contribution in [0.2, 0.25) is 0 Å². The molecule has 0 fully saturated rings. The van der Waals surface area contributed by atoms with E-state index in [9.17, 15) is 4.79 Å². The number of para-hydroxylation sites is 2. The van der Waals surface area contributed by atoms with Crippen molar-refractivity contribution in [1.82, 2.24) is 5.32 Å². The first-order valence-electron chi connectivity index (χ1n) is 6.00. The number of amides is 2. The van der Waals surface area contributed by atoms with Gasteiger partial charge in [0, 0.05) is 19.0 Å². The van der Waals surface area contributed by atoms with E-state index in [-0.39, 0.29) is 6.03 Å². The van der Waals surface area contributed by atoms with Gasteiger partial charge >= 0.3 is 6.03 Å². The molecule has 0 saturated carbocycles. The number of hydrogen-bond acceptors (Lipinski definition) is 3. The molecule has 1 aromatic heterocycles. The second-order valence-electron chi connectivity index (χ2n) is 4.30. The number of anilines is 2. The Balaban J connectivity index is 1.95. The van der Waals surface area contributed by atoms with Gasteiger partial charge in [0.25, 0.3) is 0 Å². The standard InChI is InChI=1S/C14H17N3OS/c1-17(2)13-8-4-3-7-12(13)16-14(18)15-10-11-6-5-9-19-11/h3-9H,10H2,1-2H3,(H2,15,16,18). The van der Waals surface area contributed by atoms with Crippen LogP contribution in [-0.2, 0) is 6.54 Å². The zero-order chi connectivity index (χ0) is 13.7. The minimum absolute atomic E-state index is 0.192. The van der Waals surface area contributed by atoms with Crippen molar-refractivity contribution in [2.75, 3.05) is 24.3 Å². The Bertz CT molecular complexity index is 537. The van der Waals surface area contributed by atoms with E-state index in [1.54, 1.807) is 11.3 Å². The summed E-state index contributed by atoms with van der Waals surface area (Å²) in [6.07, 6.45) is 0. The van der Waals surface area contributed by atoms with Crippen LogP contribution in [-0.4, -0.2) is 20.1 Å². The van der Waals surface area contributed by atoms with Gasteiger partial charge in [-0.25, -0.2) is 4.79 Å². The van der Waals surface area contributed by atoms with Gasteiger partial charge in [-0.05, 0) is 23.6 Å². The highest BCUT2D eigenvalue weighted by molar-refractivity contribution is 7.09. The maximum Gasteiger partial charge on any atom is 0.319 e. The molecule has 0 unspecified atom stereocenters. The fourth-order valence-corrected chi connectivity index (χ4v) is 2.36. The molecule has 2 rings (SSSR count). The van der Waals surface area contributed by atoms with Crippen molar-refractivity contribution < 1.29 is 4.79 Å². The number of hydrogen-bond donors (Lipinski definition) is 2. The zero-order valence-electron chi connectivity index (χ0n) is 11.0. The zero-order valence-corrected chi connectivity index (χ0v) is 11.8. The number of nitrogens with zero attached hydrogens (tertiary/aromatic N) is 1. The van der Waals surface area contributed by atoms with Gasteiger partial charge < -0.3 is 15.5 Å². The number of carbonyl (C=O) groups excluding carboxylic acids is 1. The number of rotatable bonds is 4. The first-order chi connectivity index (χ1) is 9.16. The Morgan fingerprint density at radius 1 is 1.21 bits per heavy atom. The fourth-order valence-electron chi connectivity index (χ4n) is 1.72. The van der Waals surface area contributed by atoms with Crippen LogP contribution in [0.15, 0.2) is 41.8 Å². The average Bonchev–Trinajstić information content (AvgIpc) is 2.90. The summed E-state index contributed by atoms with van der Waals surface area (Å²) in [5.74, 6) is 0. The Kier molecular flexibility index (Phi) is 4.41. The second kappa shape index (κ2) is 6.24. The molecule has 0 atom stereocenters. The third-order valence-corrected chi connectivity index (χ3v) is 3.51. The molecule has 2 amide bonds. The van der Waals surface area contributed by atoms with Crippen LogP contribution in [0.4, 0.5) is 16.2 Å². The lowest BCUT2D eigenvalue weighted by Gasteiger charge is -2.17. The van der Waals surface area contributed by atoms with Gasteiger partial charge in [0.1, 0.15) is 0 Å². The molecule has 0 saturated heterocycles. The molecule has 2 N–H and O–H groups in total. The molecule has 0 radical (unpaired) electrons. The SMILES string of the molecule is CN(C)c1ccccc1NC(=O)NCc1cccs1. The molecule has 0 spiro atoms. The van der Waals surface area contributed by atoms with Gasteiger partial charge in [0.2, 0.25) is 0 Å². The molecule has 1 heterocycles. The van der Waals surface area contributed by atoms with E-state index in [0.717, 1.165) is 16.3 Å². The summed E-state index contributed by atoms with van der Waals surface area (Å²) in [4.78, 5) is 14.9. The van der Waals surface area contributed by atoms with E-state index in [2.05, 4.69) is 10.6 Å². The van der Waals surface area contributed by atoms with Crippen LogP contribution in [0.25, 0.3) is 0 Å². The van der Waals surface area contributed by atoms with Gasteiger partial charge in [-0.3, -0.25) is 0 Å². The Labute approximate surface area is 117 Å². The minimum atomic E-state index is -0.192. The summed E-state index contributed by atoms with van der Waals surface area (Å²) in [5.41, 5.74) is 1.78. The molecule has 0 aliphatic rings. The largest absolute Gasteiger partial charge is 0.376 e. The lowest BCUT2D eigenvalue weighted by molar-refractivity contribution is 0.252. The maximum absolute atomic E-state index is 11.8. The van der Waals surface area contributed by atoms with Crippen molar-refractivity contribution in [3.63, 3.8) is 0 Å². The van der Waals surface area contributed by atoms with E-state index in [1.165, 1.54) is 0 Å². The molecule has 2 aromatic rings. The van der Waals surface area contributed by atoms with Crippen LogP contribution in [0.5, 0.6) is 0 Å². The summed E-state index contributed by atoms with van der Waals surface area (Å²) in [7, 11) is 3.90. The summed E-state index contributed by atoms with van der Waals surface area (Å²) in [5, 5.41) is 7.71. The molecule has 5 heteroatoms. The van der Waals surface area contributed by atoms with Gasteiger partial charge in [-0.1, -0.05) is 18.2 Å². The molecule has 4 nitrogen and oxygen atoms in total. The summed E-state index contributed by atoms with van der Waals surface area (Å²) in [6, 6.07) is 11.5. The summed E-state index contributed by atoms with van der Waals surface area (Å²) in [6.45, 7) is 0.549. The Morgan fingerprint density at radius 2 is 2.00 bits per heavy atom. The first-order valence-corrected chi connectivity index (χ1v) is 6.88. The molecular formula is C14H17N3OS. The second-order valence-corrected chi connectivity index (χ2v) is 5.33. The predicted octanol–water partition coefficient (Wildman–Crippen LogP) is 3.14. The number of thiophene rings is 1. The highest BCUT2D eigenvalue weighted by atomic mass is 32.1. The summed E-state index contributed by atoms with van der Waals surface area (Å²) < 4.78 is 0. The van der Waals surface area contributed by atoms with Crippen molar-refractivity contribution in [2.45, 2.75) is 6.54 Å². The molecule has 0 aliphatic carbocycles. The van der Waals surface area contributed by atoms with E-state index in [1.807, 2.05) is 60.8 Å². The lowest BCUT2D eigenvalue weighted by atomic mass is 10.2. The van der Waals surface area contributed by atoms with Crippen LogP contribution < -0.4 is 15.5 Å². The molecule has 0 bridgehead atoms. The minimum Gasteiger partial charge on any atom is -0.376 e. The van der Waals surface area contributed by atoms with Crippen molar-refractivity contribution in [3.8, 4) is 0 Å². The van der Waals surface area contributed by atoms with Crippen molar-refractivity contribution in [3.05, 3.63) is 46.7 Å². The van der Waals surface area contributed by atoms with E-state index >= 15 is 0 Å². The predicted molar refractivity (Wildman–Crippen MR) is 80.9 cm³/mol. The third kappa shape index (κ3) is 3.72. The van der Waals surface area contributed by atoms with E-state index < -0.39 is 0 Å². The highest BCUT2D eigenvalue weighted by Gasteiger charge is 2.07. The number of benzene rings is 1. The molecule has 19 heavy (non-hydrogen) atoms. The van der Waals surface area contributed by atoms with Gasteiger partial charge in [0.05, 0.1) is 17.9 Å². The van der Waals surface area contributed by atoms with Crippen LogP contribution in [0.1, 0.15) is 4.88 Å². The van der Waals surface area contributed by atoms with E-state index in [4.69, 9.17) is 0 Å². The number of urea groups is 1. The normalized spacial score (nSPS) is 10.0. The van der Waals surface area contributed by atoms with Crippen molar-refractivity contribution in [2.24, 2.45) is 0 Å². The molecule has 1 aromatic carbocycles. The molecule has 100 valence electrons. The fraction of sp³-hybridized carbons (Fsp3) is 0.214. The van der Waals surface area contributed by atoms with E-state index in [0.29, 0.717) is 6.54 Å². The van der Waals surface area contributed by atoms with Gasteiger partial charge in [-0.15, -0.1) is 11.3 Å². The van der Waals surface area contributed by atoms with Crippen molar-refractivity contribution in [1.29, 1.82) is 0 Å². The smallest absolute Gasteiger partial charge is 0.319 e. The average molecular weight is 275 g/mol. The summed E-state index contributed by atoms with van der Waals surface area (Å²) >= 11 is 1.63. The highest BCUT2D eigenvalue weighted by Crippen LogP contribution is 2.23. The molecule has 0 aliphatic heterocycles. The van der Waals surface area contributed by atoms with Gasteiger partial charge in [-0.2, -0.15) is 0 Å². The number of carbonyl (C=O) groups is 1. The number of nitrogens with one attached hydrogen (secondary N) is 2. The topological polar surface area (TPSA) is 44.4 Å². The Hall–Kier alpha value is -2.01. The van der Waals surface area contributed by atoms with Gasteiger partial charge in [0.15, 0.2) is 0 Å². The first kappa shape index (κ1) is 13.4. The third-order valence-electron chi connectivity index (χ3n) is 2.64. The van der Waals surface area contributed by atoms with Crippen molar-refractivity contribution >= 4 is 28.7 Å². The van der Waals surface area contributed by atoms with Crippen LogP contribution in [0, 0.1) is 0 Å². The molecular weight excluding hydrogens is 258 g/mol. The van der Waals surface area contributed by atoms with Crippen LogP contribution in [0.3, 0.4) is 0 Å². The van der Waals surface area contributed by atoms with Crippen LogP contribution >= 0.6 is 11.3 Å².